The Bertz CT molecular complexity index is 363. The molecule has 0 saturated carbocycles. The van der Waals surface area contributed by atoms with E-state index in [1.54, 1.807) is 11.0 Å². The largest absolute Gasteiger partial charge is 0.396 e. The maximum atomic E-state index is 11.6. The van der Waals surface area contributed by atoms with Crippen molar-refractivity contribution >= 4 is 11.7 Å². The van der Waals surface area contributed by atoms with Crippen LogP contribution in [0.2, 0.25) is 0 Å². The third-order valence-corrected chi connectivity index (χ3v) is 2.52. The zero-order valence-corrected chi connectivity index (χ0v) is 8.55. The maximum Gasteiger partial charge on any atom is 0.228 e. The van der Waals surface area contributed by atoms with Crippen molar-refractivity contribution in [2.45, 2.75) is 13.3 Å². The quantitative estimate of drug-likeness (QED) is 0.748. The first-order valence-corrected chi connectivity index (χ1v) is 4.92. The topological polar surface area (TPSA) is 66.3 Å². The molecule has 2 rings (SSSR count). The van der Waals surface area contributed by atoms with Crippen LogP contribution < -0.4 is 4.90 Å². The van der Waals surface area contributed by atoms with Gasteiger partial charge in [-0.2, -0.15) is 5.10 Å². The average Bonchev–Trinajstić information content (AvgIpc) is 2.61. The fourth-order valence-electron chi connectivity index (χ4n) is 1.66. The Morgan fingerprint density at radius 3 is 2.87 bits per heavy atom. The van der Waals surface area contributed by atoms with Gasteiger partial charge < -0.3 is 5.11 Å². The number of nitrogens with zero attached hydrogens (tertiary/aromatic N) is 3. The first kappa shape index (κ1) is 10.0. The van der Waals surface area contributed by atoms with Gasteiger partial charge in [0.1, 0.15) is 0 Å². The number of anilines is 1. The molecule has 0 bridgehead atoms. The summed E-state index contributed by atoms with van der Waals surface area (Å²) in [4.78, 5) is 13.2. The van der Waals surface area contributed by atoms with Gasteiger partial charge in [0.05, 0.1) is 5.69 Å². The van der Waals surface area contributed by atoms with Crippen molar-refractivity contribution < 1.29 is 9.90 Å². The molecule has 1 aliphatic rings. The lowest BCUT2D eigenvalue weighted by atomic mass is 10.1. The molecule has 1 N–H and O–H groups in total. The van der Waals surface area contributed by atoms with Gasteiger partial charge in [-0.25, -0.2) is 0 Å². The minimum absolute atomic E-state index is 0.00667. The molecule has 0 spiro atoms. The zero-order chi connectivity index (χ0) is 10.8. The van der Waals surface area contributed by atoms with E-state index in [9.17, 15) is 4.79 Å². The fraction of sp³-hybridized carbons (Fsp3) is 0.500. The first-order valence-electron chi connectivity index (χ1n) is 4.92. The molecule has 5 nitrogen and oxygen atoms in total. The lowest BCUT2D eigenvalue weighted by Gasteiger charge is -2.14. The molecule has 1 saturated heterocycles. The highest BCUT2D eigenvalue weighted by atomic mass is 16.3. The van der Waals surface area contributed by atoms with E-state index in [-0.39, 0.29) is 18.4 Å². The Balaban J connectivity index is 2.18. The normalized spacial score (nSPS) is 21.1. The molecular weight excluding hydrogens is 194 g/mol. The molecule has 0 aromatic carbocycles. The number of aryl methyl sites for hydroxylation is 1. The molecule has 5 heteroatoms. The van der Waals surface area contributed by atoms with Gasteiger partial charge in [0, 0.05) is 25.5 Å². The van der Waals surface area contributed by atoms with Gasteiger partial charge in [-0.15, -0.1) is 5.10 Å². The number of rotatable bonds is 2. The monoisotopic (exact) mass is 207 g/mol. The van der Waals surface area contributed by atoms with Crippen LogP contribution in [0.5, 0.6) is 0 Å². The fourth-order valence-corrected chi connectivity index (χ4v) is 1.66. The van der Waals surface area contributed by atoms with Crippen molar-refractivity contribution in [1.29, 1.82) is 0 Å². The van der Waals surface area contributed by atoms with Crippen LogP contribution in [0.15, 0.2) is 12.1 Å². The van der Waals surface area contributed by atoms with Crippen molar-refractivity contribution in [3.8, 4) is 0 Å². The Hall–Kier alpha value is -1.49. The van der Waals surface area contributed by atoms with Crippen LogP contribution in [0, 0.1) is 12.8 Å². The molecule has 2 heterocycles. The van der Waals surface area contributed by atoms with Crippen LogP contribution >= 0.6 is 0 Å². The molecule has 1 aromatic heterocycles. The van der Waals surface area contributed by atoms with E-state index < -0.39 is 0 Å². The van der Waals surface area contributed by atoms with Crippen molar-refractivity contribution in [1.82, 2.24) is 10.2 Å². The van der Waals surface area contributed by atoms with Crippen molar-refractivity contribution in [2.24, 2.45) is 5.92 Å². The molecule has 1 atom stereocenters. The predicted octanol–water partition coefficient (Wildman–Crippen LogP) is 0.130. The van der Waals surface area contributed by atoms with Crippen molar-refractivity contribution in [2.75, 3.05) is 18.1 Å². The Morgan fingerprint density at radius 2 is 2.33 bits per heavy atom. The summed E-state index contributed by atoms with van der Waals surface area (Å²) in [6.07, 6.45) is 0.395. The minimum Gasteiger partial charge on any atom is -0.396 e. The molecule has 15 heavy (non-hydrogen) atoms. The van der Waals surface area contributed by atoms with Gasteiger partial charge >= 0.3 is 0 Å². The second-order valence-electron chi connectivity index (χ2n) is 3.79. The number of carbonyl (C=O) groups is 1. The summed E-state index contributed by atoms with van der Waals surface area (Å²) in [5, 5.41) is 16.8. The second kappa shape index (κ2) is 3.94. The molecule has 1 fully saturated rings. The van der Waals surface area contributed by atoms with E-state index >= 15 is 0 Å². The van der Waals surface area contributed by atoms with Gasteiger partial charge in [0.2, 0.25) is 5.91 Å². The third-order valence-electron chi connectivity index (χ3n) is 2.52. The highest BCUT2D eigenvalue weighted by Gasteiger charge is 2.30. The van der Waals surface area contributed by atoms with Gasteiger partial charge in [-0.05, 0) is 19.1 Å². The van der Waals surface area contributed by atoms with E-state index in [0.717, 1.165) is 5.69 Å². The van der Waals surface area contributed by atoms with Crippen LogP contribution in [-0.2, 0) is 4.79 Å². The highest BCUT2D eigenvalue weighted by molar-refractivity contribution is 5.94. The zero-order valence-electron chi connectivity index (χ0n) is 8.55. The summed E-state index contributed by atoms with van der Waals surface area (Å²) in [5.74, 6) is 0.606. The average molecular weight is 207 g/mol. The van der Waals surface area contributed by atoms with Gasteiger partial charge in [-0.3, -0.25) is 9.69 Å². The molecule has 0 aliphatic carbocycles. The molecular formula is C10H13N3O2. The number of aliphatic hydroxyl groups is 1. The minimum atomic E-state index is 0.00667. The number of hydrogen-bond donors (Lipinski definition) is 1. The summed E-state index contributed by atoms with van der Waals surface area (Å²) in [6.45, 7) is 2.42. The van der Waals surface area contributed by atoms with Crippen molar-refractivity contribution in [3.63, 3.8) is 0 Å². The van der Waals surface area contributed by atoms with E-state index in [0.29, 0.717) is 18.8 Å². The summed E-state index contributed by atoms with van der Waals surface area (Å²) in [7, 11) is 0. The first-order chi connectivity index (χ1) is 7.20. The van der Waals surface area contributed by atoms with Crippen molar-refractivity contribution in [3.05, 3.63) is 17.8 Å². The van der Waals surface area contributed by atoms with Crippen LogP contribution in [0.25, 0.3) is 0 Å². The predicted molar refractivity (Wildman–Crippen MR) is 54.3 cm³/mol. The van der Waals surface area contributed by atoms with Gasteiger partial charge in [0.15, 0.2) is 5.82 Å². The van der Waals surface area contributed by atoms with Crippen LogP contribution in [0.3, 0.4) is 0 Å². The van der Waals surface area contributed by atoms with Crippen LogP contribution in [-0.4, -0.2) is 34.4 Å². The Labute approximate surface area is 87.7 Å². The SMILES string of the molecule is Cc1ccc(N2CC(CO)CC2=O)nn1. The Morgan fingerprint density at radius 1 is 1.53 bits per heavy atom. The number of amides is 1. The molecule has 1 aromatic rings. The Kier molecular flexibility index (Phi) is 2.64. The number of aliphatic hydroxyl groups excluding tert-OH is 1. The lowest BCUT2D eigenvalue weighted by molar-refractivity contribution is -0.117. The summed E-state index contributed by atoms with van der Waals surface area (Å²) in [6, 6.07) is 3.60. The summed E-state index contributed by atoms with van der Waals surface area (Å²) >= 11 is 0. The molecule has 1 amide bonds. The lowest BCUT2D eigenvalue weighted by Crippen LogP contribution is -2.26. The van der Waals surface area contributed by atoms with Gasteiger partial charge in [0.25, 0.3) is 0 Å². The smallest absolute Gasteiger partial charge is 0.228 e. The van der Waals surface area contributed by atoms with E-state index in [1.165, 1.54) is 0 Å². The molecule has 80 valence electrons. The summed E-state index contributed by atoms with van der Waals surface area (Å²) < 4.78 is 0. The molecule has 1 unspecified atom stereocenters. The van der Waals surface area contributed by atoms with E-state index in [1.807, 2.05) is 13.0 Å². The highest BCUT2D eigenvalue weighted by Crippen LogP contribution is 2.22. The number of hydrogen-bond acceptors (Lipinski definition) is 4. The standard InChI is InChI=1S/C10H13N3O2/c1-7-2-3-9(12-11-7)13-5-8(6-14)4-10(13)15/h2-3,8,14H,4-6H2,1H3. The van der Waals surface area contributed by atoms with E-state index in [4.69, 9.17) is 5.11 Å². The van der Waals surface area contributed by atoms with Crippen LogP contribution in [0.4, 0.5) is 5.82 Å². The number of carbonyl (C=O) groups excluding carboxylic acids is 1. The molecule has 1 aliphatic heterocycles. The number of aromatic nitrogens is 2. The summed E-state index contributed by atoms with van der Waals surface area (Å²) in [5.41, 5.74) is 0.823. The third kappa shape index (κ3) is 1.97. The second-order valence-corrected chi connectivity index (χ2v) is 3.79. The van der Waals surface area contributed by atoms with Gasteiger partial charge in [-0.1, -0.05) is 0 Å². The maximum absolute atomic E-state index is 11.6. The van der Waals surface area contributed by atoms with E-state index in [2.05, 4.69) is 10.2 Å². The molecule has 0 radical (unpaired) electrons. The van der Waals surface area contributed by atoms with Crippen LogP contribution in [0.1, 0.15) is 12.1 Å².